The summed E-state index contributed by atoms with van der Waals surface area (Å²) in [6.45, 7) is 8.09. The maximum atomic E-state index is 12.4. The lowest BCUT2D eigenvalue weighted by molar-refractivity contribution is -0.119. The Morgan fingerprint density at radius 3 is 2.52 bits per heavy atom. The van der Waals surface area contributed by atoms with Gasteiger partial charge in [-0.1, -0.05) is 59.8 Å². The predicted molar refractivity (Wildman–Crippen MR) is 123 cm³/mol. The van der Waals surface area contributed by atoms with Crippen LogP contribution < -0.4 is 10.6 Å². The van der Waals surface area contributed by atoms with Crippen LogP contribution in [0.2, 0.25) is 0 Å². The molecule has 0 radical (unpaired) electrons. The van der Waals surface area contributed by atoms with E-state index in [4.69, 9.17) is 0 Å². The third-order valence-corrected chi connectivity index (χ3v) is 5.77. The lowest BCUT2D eigenvalue weighted by atomic mass is 10.1. The molecule has 0 aliphatic rings. The van der Waals surface area contributed by atoms with Crippen molar-refractivity contribution in [2.24, 2.45) is 0 Å². The molecular weight excluding hydrogens is 410 g/mol. The quantitative estimate of drug-likeness (QED) is 0.549. The fraction of sp³-hybridized carbons (Fsp3) is 0.304. The van der Waals surface area contributed by atoms with Gasteiger partial charge < -0.3 is 5.32 Å². The molecule has 2 N–H and O–H groups in total. The number of benzene rings is 2. The minimum atomic E-state index is -0.527. The third kappa shape index (κ3) is 5.73. The molecule has 0 bridgehead atoms. The monoisotopic (exact) mass is 437 g/mol. The van der Waals surface area contributed by atoms with E-state index < -0.39 is 11.3 Å². The summed E-state index contributed by atoms with van der Waals surface area (Å²) in [5.41, 5.74) is 4.36. The molecular formula is C23H27N5O2S. The number of aryl methyl sites for hydroxylation is 2. The van der Waals surface area contributed by atoms with Gasteiger partial charge in [0.15, 0.2) is 5.16 Å². The van der Waals surface area contributed by atoms with E-state index in [1.807, 2.05) is 41.8 Å². The van der Waals surface area contributed by atoms with E-state index >= 15 is 0 Å². The number of aromatic nitrogens is 3. The Labute approximate surface area is 186 Å². The van der Waals surface area contributed by atoms with Crippen molar-refractivity contribution < 1.29 is 9.59 Å². The van der Waals surface area contributed by atoms with E-state index in [1.54, 1.807) is 13.8 Å². The van der Waals surface area contributed by atoms with Gasteiger partial charge in [0.2, 0.25) is 5.91 Å². The Morgan fingerprint density at radius 2 is 1.84 bits per heavy atom. The summed E-state index contributed by atoms with van der Waals surface area (Å²) in [7, 11) is 0. The first kappa shape index (κ1) is 22.6. The Kier molecular flexibility index (Phi) is 7.46. The molecule has 31 heavy (non-hydrogen) atoms. The molecule has 162 valence electrons. The number of rotatable bonds is 7. The van der Waals surface area contributed by atoms with Gasteiger partial charge in [-0.25, -0.2) is 4.79 Å². The van der Waals surface area contributed by atoms with Gasteiger partial charge in [0.05, 0.1) is 10.9 Å². The lowest BCUT2D eigenvalue weighted by Crippen LogP contribution is -2.42. The summed E-state index contributed by atoms with van der Waals surface area (Å²) >= 11 is 1.27. The zero-order valence-corrected chi connectivity index (χ0v) is 19.0. The summed E-state index contributed by atoms with van der Waals surface area (Å²) < 4.78 is 2.00. The minimum absolute atomic E-state index is 0.379. The first-order valence-electron chi connectivity index (χ1n) is 10.2. The summed E-state index contributed by atoms with van der Waals surface area (Å²) in [6.07, 6.45) is 0.612. The van der Waals surface area contributed by atoms with Gasteiger partial charge in [0, 0.05) is 13.0 Å². The van der Waals surface area contributed by atoms with Crippen LogP contribution in [0.1, 0.15) is 36.4 Å². The molecule has 1 aromatic heterocycles. The van der Waals surface area contributed by atoms with Crippen LogP contribution in [0.5, 0.6) is 0 Å². The van der Waals surface area contributed by atoms with Gasteiger partial charge in [-0.05, 0) is 44.9 Å². The average Bonchev–Trinajstić information content (AvgIpc) is 3.10. The standard InChI is InChI=1S/C23H27N5O2S/c1-5-24-22(30)25-21(29)17(4)31-23-27-26-20(14-18-9-7-6-8-10-18)28(23)19-12-11-15(2)13-16(19)3/h6-13,17H,5,14H2,1-4H3,(H2,24,25,29,30). The summed E-state index contributed by atoms with van der Waals surface area (Å²) in [5, 5.41) is 13.8. The lowest BCUT2D eigenvalue weighted by Gasteiger charge is -2.15. The molecule has 0 aliphatic heterocycles. The number of hydrogen-bond acceptors (Lipinski definition) is 5. The fourth-order valence-electron chi connectivity index (χ4n) is 3.20. The Morgan fingerprint density at radius 1 is 1.10 bits per heavy atom. The highest BCUT2D eigenvalue weighted by atomic mass is 32.2. The molecule has 3 amide bonds. The van der Waals surface area contributed by atoms with Crippen molar-refractivity contribution in [3.63, 3.8) is 0 Å². The van der Waals surface area contributed by atoms with Gasteiger partial charge in [-0.3, -0.25) is 14.7 Å². The molecule has 1 unspecified atom stereocenters. The number of amides is 3. The summed E-state index contributed by atoms with van der Waals surface area (Å²) in [4.78, 5) is 24.1. The molecule has 0 aliphatic carbocycles. The van der Waals surface area contributed by atoms with Gasteiger partial charge in [-0.15, -0.1) is 10.2 Å². The number of nitrogens with one attached hydrogen (secondary N) is 2. The number of thioether (sulfide) groups is 1. The number of carbonyl (C=O) groups is 2. The Bertz CT molecular complexity index is 1070. The third-order valence-electron chi connectivity index (χ3n) is 4.72. The first-order chi connectivity index (χ1) is 14.9. The van der Waals surface area contributed by atoms with Crippen molar-refractivity contribution in [1.82, 2.24) is 25.4 Å². The average molecular weight is 438 g/mol. The van der Waals surface area contributed by atoms with Gasteiger partial charge in [0.1, 0.15) is 5.82 Å². The fourth-order valence-corrected chi connectivity index (χ4v) is 4.08. The SMILES string of the molecule is CCNC(=O)NC(=O)C(C)Sc1nnc(Cc2ccccc2)n1-c1ccc(C)cc1C. The molecule has 0 fully saturated rings. The van der Waals surface area contributed by atoms with Crippen molar-refractivity contribution in [1.29, 1.82) is 0 Å². The highest BCUT2D eigenvalue weighted by molar-refractivity contribution is 8.00. The number of hydrogen-bond donors (Lipinski definition) is 2. The maximum absolute atomic E-state index is 12.4. The second-order valence-electron chi connectivity index (χ2n) is 7.30. The van der Waals surface area contributed by atoms with E-state index in [9.17, 15) is 9.59 Å². The van der Waals surface area contributed by atoms with E-state index in [-0.39, 0.29) is 5.91 Å². The van der Waals surface area contributed by atoms with Crippen LogP contribution in [-0.2, 0) is 11.2 Å². The molecule has 3 rings (SSSR count). The predicted octanol–water partition coefficient (Wildman–Crippen LogP) is 3.80. The van der Waals surface area contributed by atoms with Crippen LogP contribution in [0.15, 0.2) is 53.7 Å². The van der Waals surface area contributed by atoms with Gasteiger partial charge in [0.25, 0.3) is 0 Å². The normalized spacial score (nSPS) is 11.7. The van der Waals surface area contributed by atoms with Crippen LogP contribution >= 0.6 is 11.8 Å². The molecule has 1 heterocycles. The topological polar surface area (TPSA) is 88.9 Å². The zero-order chi connectivity index (χ0) is 22.4. The van der Waals surface area contributed by atoms with Crippen LogP contribution in [0.3, 0.4) is 0 Å². The molecule has 3 aromatic rings. The highest BCUT2D eigenvalue weighted by Gasteiger charge is 2.23. The van der Waals surface area contributed by atoms with Crippen molar-refractivity contribution >= 4 is 23.7 Å². The zero-order valence-electron chi connectivity index (χ0n) is 18.2. The Balaban J connectivity index is 1.92. The second-order valence-corrected chi connectivity index (χ2v) is 8.60. The van der Waals surface area contributed by atoms with Gasteiger partial charge in [-0.2, -0.15) is 0 Å². The molecule has 0 spiro atoms. The van der Waals surface area contributed by atoms with Crippen LogP contribution in [0.25, 0.3) is 5.69 Å². The number of nitrogens with zero attached hydrogens (tertiary/aromatic N) is 3. The van der Waals surface area contributed by atoms with Crippen LogP contribution in [0, 0.1) is 13.8 Å². The van der Waals surface area contributed by atoms with E-state index in [1.165, 1.54) is 17.3 Å². The van der Waals surface area contributed by atoms with Crippen molar-refractivity contribution in [2.45, 2.75) is 44.5 Å². The molecule has 7 nitrogen and oxygen atoms in total. The van der Waals surface area contributed by atoms with E-state index in [0.717, 1.165) is 22.6 Å². The molecule has 1 atom stereocenters. The highest BCUT2D eigenvalue weighted by Crippen LogP contribution is 2.28. The first-order valence-corrected chi connectivity index (χ1v) is 11.1. The number of urea groups is 1. The van der Waals surface area contributed by atoms with Crippen LogP contribution in [0.4, 0.5) is 4.79 Å². The minimum Gasteiger partial charge on any atom is -0.338 e. The number of imide groups is 1. The van der Waals surface area contributed by atoms with E-state index in [0.29, 0.717) is 18.1 Å². The van der Waals surface area contributed by atoms with Crippen LogP contribution in [-0.4, -0.2) is 38.5 Å². The number of carbonyl (C=O) groups excluding carboxylic acids is 2. The summed E-state index contributed by atoms with van der Waals surface area (Å²) in [6, 6.07) is 15.8. The maximum Gasteiger partial charge on any atom is 0.321 e. The smallest absolute Gasteiger partial charge is 0.321 e. The molecule has 8 heteroatoms. The van der Waals surface area contributed by atoms with E-state index in [2.05, 4.69) is 46.0 Å². The largest absolute Gasteiger partial charge is 0.338 e. The second kappa shape index (κ2) is 10.3. The summed E-state index contributed by atoms with van der Waals surface area (Å²) in [5.74, 6) is 0.410. The van der Waals surface area contributed by atoms with Crippen molar-refractivity contribution in [3.8, 4) is 5.69 Å². The Hall–Kier alpha value is -3.13. The molecule has 0 saturated heterocycles. The van der Waals surface area contributed by atoms with Crippen molar-refractivity contribution in [3.05, 3.63) is 71.0 Å². The molecule has 0 saturated carbocycles. The van der Waals surface area contributed by atoms with Crippen molar-refractivity contribution in [2.75, 3.05) is 6.54 Å². The molecule has 2 aromatic carbocycles. The van der Waals surface area contributed by atoms with Gasteiger partial charge >= 0.3 is 6.03 Å².